The van der Waals surface area contributed by atoms with Gasteiger partial charge >= 0.3 is 6.03 Å². The molecule has 0 aromatic heterocycles. The molecule has 0 unspecified atom stereocenters. The van der Waals surface area contributed by atoms with Crippen molar-refractivity contribution in [2.75, 3.05) is 32.7 Å². The number of nitrogens with zero attached hydrogens (tertiary/aromatic N) is 2. The fraction of sp³-hybridized carbons (Fsp3) is 0.591. The highest BCUT2D eigenvalue weighted by atomic mass is 16.2. The number of urea groups is 1. The van der Waals surface area contributed by atoms with E-state index < -0.39 is 5.54 Å². The summed E-state index contributed by atoms with van der Waals surface area (Å²) in [5.41, 5.74) is 0.340. The third-order valence-electron chi connectivity index (χ3n) is 6.02. The zero-order valence-electron chi connectivity index (χ0n) is 17.3. The Labute approximate surface area is 172 Å². The Hall–Kier alpha value is -2.57. The average molecular weight is 401 g/mol. The summed E-state index contributed by atoms with van der Waals surface area (Å²) in [5.74, 6) is 0.0407. The molecular formula is C22H32N4O3. The fourth-order valence-electron chi connectivity index (χ4n) is 4.30. The van der Waals surface area contributed by atoms with Crippen molar-refractivity contribution in [2.45, 2.75) is 51.0 Å². The number of rotatable bonds is 5. The first kappa shape index (κ1) is 21.1. The smallest absolute Gasteiger partial charge is 0.315 e. The molecule has 2 aliphatic rings. The highest BCUT2D eigenvalue weighted by molar-refractivity contribution is 5.91. The number of carbonyl (C=O) groups excluding carboxylic acids is 3. The average Bonchev–Trinajstić information content (AvgIpc) is 2.74. The summed E-state index contributed by atoms with van der Waals surface area (Å²) in [4.78, 5) is 41.1. The Morgan fingerprint density at radius 2 is 1.55 bits per heavy atom. The van der Waals surface area contributed by atoms with Gasteiger partial charge in [0.05, 0.1) is 0 Å². The van der Waals surface area contributed by atoms with Gasteiger partial charge in [0.2, 0.25) is 11.8 Å². The van der Waals surface area contributed by atoms with Gasteiger partial charge in [0.15, 0.2) is 0 Å². The minimum absolute atomic E-state index is 0.00129. The summed E-state index contributed by atoms with van der Waals surface area (Å²) >= 11 is 0. The molecule has 1 heterocycles. The van der Waals surface area contributed by atoms with Gasteiger partial charge in [-0.15, -0.1) is 0 Å². The van der Waals surface area contributed by atoms with Crippen molar-refractivity contribution in [3.63, 3.8) is 0 Å². The monoisotopic (exact) mass is 400 g/mol. The van der Waals surface area contributed by atoms with E-state index in [1.807, 2.05) is 35.2 Å². The molecule has 1 saturated carbocycles. The van der Waals surface area contributed by atoms with Crippen LogP contribution in [0.15, 0.2) is 30.3 Å². The van der Waals surface area contributed by atoms with Crippen molar-refractivity contribution < 1.29 is 14.4 Å². The normalized spacial score (nSPS) is 18.8. The molecule has 2 N–H and O–H groups in total. The van der Waals surface area contributed by atoms with Gasteiger partial charge in [0.25, 0.3) is 0 Å². The van der Waals surface area contributed by atoms with Gasteiger partial charge in [-0.2, -0.15) is 0 Å². The fourth-order valence-corrected chi connectivity index (χ4v) is 4.30. The van der Waals surface area contributed by atoms with Crippen LogP contribution in [0, 0.1) is 0 Å². The van der Waals surface area contributed by atoms with Crippen LogP contribution in [0.4, 0.5) is 4.79 Å². The standard InChI is InChI=1S/C22H32N4O3/c1-18(27)25-14-16-26(17-15-25)20(28)22(11-6-3-7-12-22)24-21(29)23-13-10-19-8-4-2-5-9-19/h2,4-5,8-9H,3,6-7,10-17H2,1H3,(H2,23,24,29). The zero-order valence-corrected chi connectivity index (χ0v) is 17.3. The zero-order chi connectivity index (χ0) is 20.7. The highest BCUT2D eigenvalue weighted by Gasteiger charge is 2.44. The summed E-state index contributed by atoms with van der Waals surface area (Å²) in [6.45, 7) is 4.24. The lowest BCUT2D eigenvalue weighted by molar-refractivity contribution is -0.144. The molecule has 1 aliphatic carbocycles. The lowest BCUT2D eigenvalue weighted by Crippen LogP contribution is -2.64. The second kappa shape index (κ2) is 9.76. The van der Waals surface area contributed by atoms with Gasteiger partial charge in [-0.1, -0.05) is 49.6 Å². The van der Waals surface area contributed by atoms with Crippen molar-refractivity contribution in [1.82, 2.24) is 20.4 Å². The molecule has 1 saturated heterocycles. The first-order chi connectivity index (χ1) is 14.0. The third-order valence-corrected chi connectivity index (χ3v) is 6.02. The lowest BCUT2D eigenvalue weighted by atomic mass is 9.80. The van der Waals surface area contributed by atoms with Crippen molar-refractivity contribution in [1.29, 1.82) is 0 Å². The summed E-state index contributed by atoms with van der Waals surface area (Å²) in [6, 6.07) is 9.73. The SMILES string of the molecule is CC(=O)N1CCN(C(=O)C2(NC(=O)NCCc3ccccc3)CCCCC2)CC1. The van der Waals surface area contributed by atoms with Crippen LogP contribution in [-0.4, -0.2) is 65.9 Å². The molecule has 1 aromatic rings. The van der Waals surface area contributed by atoms with Crippen molar-refractivity contribution in [3.05, 3.63) is 35.9 Å². The lowest BCUT2D eigenvalue weighted by Gasteiger charge is -2.43. The predicted molar refractivity (Wildman–Crippen MR) is 111 cm³/mol. The van der Waals surface area contributed by atoms with E-state index in [0.717, 1.165) is 25.7 Å². The second-order valence-electron chi connectivity index (χ2n) is 8.06. The van der Waals surface area contributed by atoms with Gasteiger partial charge in [0.1, 0.15) is 5.54 Å². The maximum Gasteiger partial charge on any atom is 0.315 e. The van der Waals surface area contributed by atoms with Gasteiger partial charge in [0, 0.05) is 39.6 Å². The van der Waals surface area contributed by atoms with Crippen LogP contribution in [-0.2, 0) is 16.0 Å². The van der Waals surface area contributed by atoms with E-state index >= 15 is 0 Å². The van der Waals surface area contributed by atoms with Crippen LogP contribution in [0.25, 0.3) is 0 Å². The molecule has 7 nitrogen and oxygen atoms in total. The quantitative estimate of drug-likeness (QED) is 0.792. The number of nitrogens with one attached hydrogen (secondary N) is 2. The molecule has 158 valence electrons. The minimum atomic E-state index is -0.826. The Balaban J connectivity index is 1.57. The molecule has 2 fully saturated rings. The van der Waals surface area contributed by atoms with E-state index in [-0.39, 0.29) is 17.8 Å². The molecule has 29 heavy (non-hydrogen) atoms. The Morgan fingerprint density at radius 1 is 0.931 bits per heavy atom. The van der Waals surface area contributed by atoms with Crippen LogP contribution in [0.1, 0.15) is 44.6 Å². The number of hydrogen-bond acceptors (Lipinski definition) is 3. The van der Waals surface area contributed by atoms with Gasteiger partial charge < -0.3 is 20.4 Å². The van der Waals surface area contributed by atoms with E-state index in [9.17, 15) is 14.4 Å². The molecule has 3 rings (SSSR count). The number of amides is 4. The largest absolute Gasteiger partial charge is 0.339 e. The molecule has 0 bridgehead atoms. The minimum Gasteiger partial charge on any atom is -0.339 e. The number of hydrogen-bond donors (Lipinski definition) is 2. The van der Waals surface area contributed by atoms with Crippen LogP contribution >= 0.6 is 0 Å². The number of piperazine rings is 1. The van der Waals surface area contributed by atoms with Crippen LogP contribution in [0.2, 0.25) is 0 Å². The first-order valence-electron chi connectivity index (χ1n) is 10.6. The molecule has 7 heteroatoms. The van der Waals surface area contributed by atoms with E-state index in [0.29, 0.717) is 45.6 Å². The molecular weight excluding hydrogens is 368 g/mol. The molecule has 1 aliphatic heterocycles. The maximum atomic E-state index is 13.4. The van der Waals surface area contributed by atoms with Gasteiger partial charge in [-0.25, -0.2) is 4.79 Å². The summed E-state index contributed by atoms with van der Waals surface area (Å²) in [7, 11) is 0. The number of carbonyl (C=O) groups is 3. The van der Waals surface area contributed by atoms with E-state index in [1.165, 1.54) is 5.56 Å². The van der Waals surface area contributed by atoms with E-state index in [1.54, 1.807) is 11.8 Å². The van der Waals surface area contributed by atoms with Gasteiger partial charge in [-0.3, -0.25) is 9.59 Å². The Morgan fingerprint density at radius 3 is 2.17 bits per heavy atom. The first-order valence-corrected chi connectivity index (χ1v) is 10.6. The van der Waals surface area contributed by atoms with Crippen LogP contribution < -0.4 is 10.6 Å². The molecule has 4 amide bonds. The second-order valence-corrected chi connectivity index (χ2v) is 8.06. The third kappa shape index (κ3) is 5.49. The molecule has 1 aromatic carbocycles. The van der Waals surface area contributed by atoms with Crippen molar-refractivity contribution in [2.24, 2.45) is 0 Å². The Kier molecular flexibility index (Phi) is 7.12. The van der Waals surface area contributed by atoms with Crippen molar-refractivity contribution >= 4 is 17.8 Å². The number of benzene rings is 1. The molecule has 0 spiro atoms. The van der Waals surface area contributed by atoms with E-state index in [2.05, 4.69) is 10.6 Å². The highest BCUT2D eigenvalue weighted by Crippen LogP contribution is 2.30. The topological polar surface area (TPSA) is 81.8 Å². The summed E-state index contributed by atoms with van der Waals surface area (Å²) < 4.78 is 0. The summed E-state index contributed by atoms with van der Waals surface area (Å²) in [5, 5.41) is 5.94. The van der Waals surface area contributed by atoms with E-state index in [4.69, 9.17) is 0 Å². The molecule has 0 atom stereocenters. The van der Waals surface area contributed by atoms with Crippen LogP contribution in [0.5, 0.6) is 0 Å². The Bertz CT molecular complexity index is 708. The van der Waals surface area contributed by atoms with Crippen LogP contribution in [0.3, 0.4) is 0 Å². The van der Waals surface area contributed by atoms with Crippen molar-refractivity contribution in [3.8, 4) is 0 Å². The van der Waals surface area contributed by atoms with Gasteiger partial charge in [-0.05, 0) is 24.8 Å². The summed E-state index contributed by atoms with van der Waals surface area (Å²) in [6.07, 6.45) is 5.05. The predicted octanol–water partition coefficient (Wildman–Crippen LogP) is 1.92. The molecule has 0 radical (unpaired) electrons. The maximum absolute atomic E-state index is 13.4.